The predicted molar refractivity (Wildman–Crippen MR) is 160 cm³/mol. The number of para-hydroxylation sites is 1. The molecule has 0 aliphatic carbocycles. The highest BCUT2D eigenvalue weighted by Gasteiger charge is 2.62. The van der Waals surface area contributed by atoms with Gasteiger partial charge in [-0.05, 0) is 23.8 Å². The Labute approximate surface area is 225 Å². The molecule has 2 aliphatic rings. The molecule has 2 saturated heterocycles. The van der Waals surface area contributed by atoms with Crippen molar-refractivity contribution in [3.63, 3.8) is 0 Å². The average Bonchev–Trinajstić information content (AvgIpc) is 3.32. The van der Waals surface area contributed by atoms with Crippen LogP contribution in [0.4, 0.5) is 0 Å². The lowest BCUT2D eigenvalue weighted by Crippen LogP contribution is -2.44. The van der Waals surface area contributed by atoms with Gasteiger partial charge >= 0.3 is 0 Å². The zero-order chi connectivity index (χ0) is 24.5. The molecule has 4 nitrogen and oxygen atoms in total. The first-order valence-corrected chi connectivity index (χ1v) is 14.6. The molecule has 5 aromatic carbocycles. The summed E-state index contributed by atoms with van der Waals surface area (Å²) in [5.41, 5.74) is 7.62. The van der Waals surface area contributed by atoms with Crippen LogP contribution >= 0.6 is 22.7 Å². The number of benzene rings is 5. The Morgan fingerprint density at radius 2 is 1.16 bits per heavy atom. The van der Waals surface area contributed by atoms with Crippen LogP contribution in [0.25, 0.3) is 62.2 Å². The minimum atomic E-state index is 0.135. The fourth-order valence-corrected chi connectivity index (χ4v) is 9.27. The van der Waals surface area contributed by atoms with Crippen LogP contribution < -0.4 is 5.43 Å². The van der Waals surface area contributed by atoms with Crippen LogP contribution in [-0.2, 0) is 0 Å². The molecule has 0 radical (unpaired) electrons. The molecule has 0 amide bonds. The van der Waals surface area contributed by atoms with Crippen molar-refractivity contribution in [2.75, 3.05) is 0 Å². The molecule has 6 heteroatoms. The molecular formula is C32H20N4S2. The standard InChI is InChI=1S/C32H20N4S2/c1-2-10-18(11-3-1)31-33-36-32(35(31)36)34-22-15-7-4-12-19(22)25-28(34)26-20-13-5-8-16-23(20)37-30(26)27-21-14-6-9-17-24(21)38-29(25)27/h1-17,31-33H/t31?,32?,35?,36-/m1/s1. The molecule has 10 rings (SSSR count). The molecule has 0 saturated carbocycles. The van der Waals surface area contributed by atoms with Gasteiger partial charge < -0.3 is 4.57 Å². The summed E-state index contributed by atoms with van der Waals surface area (Å²) in [6.07, 6.45) is 0.330. The Morgan fingerprint density at radius 1 is 0.579 bits per heavy atom. The number of nitrogens with one attached hydrogen (secondary N) is 1. The van der Waals surface area contributed by atoms with E-state index >= 15 is 0 Å². The molecule has 0 bridgehead atoms. The number of fused-ring (bicyclic) bond motifs is 13. The molecule has 3 unspecified atom stereocenters. The third-order valence-electron chi connectivity index (χ3n) is 8.31. The van der Waals surface area contributed by atoms with Gasteiger partial charge in [-0.25, -0.2) is 5.43 Å². The number of hydrazine groups is 2. The summed E-state index contributed by atoms with van der Waals surface area (Å²) in [7, 11) is 0. The molecule has 3 aromatic heterocycles. The number of nitrogens with zero attached hydrogens (tertiary/aromatic N) is 3. The maximum Gasteiger partial charge on any atom is 0.187 e. The van der Waals surface area contributed by atoms with Gasteiger partial charge in [0.25, 0.3) is 0 Å². The monoisotopic (exact) mass is 524 g/mol. The van der Waals surface area contributed by atoms with Gasteiger partial charge in [0.2, 0.25) is 0 Å². The minimum Gasteiger partial charge on any atom is -0.307 e. The Balaban J connectivity index is 1.39. The Kier molecular flexibility index (Phi) is 3.72. The number of aromatic nitrogens is 1. The van der Waals surface area contributed by atoms with E-state index in [1.54, 1.807) is 0 Å². The Bertz CT molecular complexity index is 2230. The fourth-order valence-electron chi connectivity index (χ4n) is 6.67. The van der Waals surface area contributed by atoms with E-state index in [4.69, 9.17) is 0 Å². The average molecular weight is 525 g/mol. The maximum atomic E-state index is 3.68. The third-order valence-corrected chi connectivity index (χ3v) is 10.7. The topological polar surface area (TPSA) is 23.0 Å². The minimum absolute atomic E-state index is 0.135. The normalized spacial score (nSPS) is 22.6. The van der Waals surface area contributed by atoms with E-state index in [1.807, 2.05) is 22.7 Å². The lowest BCUT2D eigenvalue weighted by Gasteiger charge is -2.27. The van der Waals surface area contributed by atoms with Crippen LogP contribution in [0.15, 0.2) is 103 Å². The van der Waals surface area contributed by atoms with Crippen LogP contribution in [0.2, 0.25) is 0 Å². The van der Waals surface area contributed by atoms with Gasteiger partial charge in [-0.15, -0.1) is 27.8 Å². The number of hydrogen-bond donors (Lipinski definition) is 1. The van der Waals surface area contributed by atoms with Gasteiger partial charge in [0, 0.05) is 51.1 Å². The van der Waals surface area contributed by atoms with Gasteiger partial charge in [-0.2, -0.15) is 5.01 Å². The second-order valence-electron chi connectivity index (χ2n) is 10.2. The second-order valence-corrected chi connectivity index (χ2v) is 12.3. The number of hydrogen-bond acceptors (Lipinski definition) is 5. The SMILES string of the molecule is c1ccc(C2N[N@@]3C(n4c5ccccc5c5c6sc7ccccc7c6c6sc7ccccc7c6c54)N23)cc1. The quantitative estimate of drug-likeness (QED) is 0.229. The van der Waals surface area contributed by atoms with E-state index in [1.165, 1.54) is 67.7 Å². The molecular weight excluding hydrogens is 505 g/mol. The molecule has 38 heavy (non-hydrogen) atoms. The van der Waals surface area contributed by atoms with Crippen molar-refractivity contribution in [2.45, 2.75) is 12.5 Å². The summed E-state index contributed by atoms with van der Waals surface area (Å²) < 4.78 is 8.10. The van der Waals surface area contributed by atoms with Gasteiger partial charge in [0.15, 0.2) is 6.29 Å². The van der Waals surface area contributed by atoms with Crippen molar-refractivity contribution in [3.8, 4) is 0 Å². The zero-order valence-corrected chi connectivity index (χ0v) is 21.8. The highest BCUT2D eigenvalue weighted by Crippen LogP contribution is 2.57. The summed E-state index contributed by atoms with van der Waals surface area (Å²) in [5, 5.41) is 13.0. The molecule has 180 valence electrons. The smallest absolute Gasteiger partial charge is 0.187 e. The summed E-state index contributed by atoms with van der Waals surface area (Å²) in [4.78, 5) is 0. The Morgan fingerprint density at radius 3 is 1.89 bits per heavy atom. The van der Waals surface area contributed by atoms with Gasteiger partial charge in [0.1, 0.15) is 6.17 Å². The summed E-state index contributed by atoms with van der Waals surface area (Å²) in [6.45, 7) is 0. The lowest BCUT2D eigenvalue weighted by molar-refractivity contribution is 0.0102. The predicted octanol–water partition coefficient (Wildman–Crippen LogP) is 8.74. The van der Waals surface area contributed by atoms with Crippen molar-refractivity contribution in [1.29, 1.82) is 0 Å². The summed E-state index contributed by atoms with van der Waals surface area (Å²) >= 11 is 3.88. The van der Waals surface area contributed by atoms with E-state index < -0.39 is 0 Å². The summed E-state index contributed by atoms with van der Waals surface area (Å²) in [5.74, 6) is 0. The Hall–Kier alpha value is -3.78. The third kappa shape index (κ3) is 2.37. The van der Waals surface area contributed by atoms with Crippen LogP contribution in [0, 0.1) is 0 Å². The van der Waals surface area contributed by atoms with Crippen LogP contribution in [0.5, 0.6) is 0 Å². The first-order chi connectivity index (χ1) is 18.9. The molecule has 4 atom stereocenters. The second kappa shape index (κ2) is 6.99. The van der Waals surface area contributed by atoms with E-state index in [-0.39, 0.29) is 12.5 Å². The highest BCUT2D eigenvalue weighted by atomic mass is 32.1. The first-order valence-electron chi connectivity index (χ1n) is 12.9. The van der Waals surface area contributed by atoms with E-state index in [2.05, 4.69) is 123 Å². The van der Waals surface area contributed by atoms with Gasteiger partial charge in [0.05, 0.1) is 11.0 Å². The van der Waals surface area contributed by atoms with E-state index in [0.29, 0.717) is 0 Å². The van der Waals surface area contributed by atoms with Gasteiger partial charge in [-0.3, -0.25) is 0 Å². The first kappa shape index (κ1) is 20.2. The molecule has 8 aromatic rings. The van der Waals surface area contributed by atoms with Gasteiger partial charge in [-0.1, -0.05) is 84.9 Å². The van der Waals surface area contributed by atoms with Crippen LogP contribution in [0.3, 0.4) is 0 Å². The molecule has 0 spiro atoms. The van der Waals surface area contributed by atoms with Crippen LogP contribution in [-0.4, -0.2) is 14.7 Å². The van der Waals surface area contributed by atoms with E-state index in [9.17, 15) is 0 Å². The van der Waals surface area contributed by atoms with Crippen molar-refractivity contribution < 1.29 is 0 Å². The maximum absolute atomic E-state index is 3.68. The highest BCUT2D eigenvalue weighted by molar-refractivity contribution is 7.30. The van der Waals surface area contributed by atoms with Crippen molar-refractivity contribution in [2.24, 2.45) is 0 Å². The lowest BCUT2D eigenvalue weighted by atomic mass is 10.0. The summed E-state index contributed by atoms with van der Waals surface area (Å²) in [6, 6.07) is 37.6. The van der Waals surface area contributed by atoms with Crippen LogP contribution in [0.1, 0.15) is 18.0 Å². The van der Waals surface area contributed by atoms with E-state index in [0.717, 1.165) is 0 Å². The molecule has 2 aliphatic heterocycles. The zero-order valence-electron chi connectivity index (χ0n) is 20.1. The fraction of sp³-hybridized carbons (Fsp3) is 0.0625. The molecule has 5 heterocycles. The molecule has 1 N–H and O–H groups in total. The number of thiophene rings is 2. The number of rotatable bonds is 2. The van der Waals surface area contributed by atoms with Crippen molar-refractivity contribution >= 4 is 84.8 Å². The largest absolute Gasteiger partial charge is 0.307 e. The van der Waals surface area contributed by atoms with Crippen molar-refractivity contribution in [3.05, 3.63) is 109 Å². The molecule has 2 fully saturated rings. The van der Waals surface area contributed by atoms with Crippen molar-refractivity contribution in [1.82, 2.24) is 20.1 Å².